The summed E-state index contributed by atoms with van der Waals surface area (Å²) in [6.07, 6.45) is 3.96. The van der Waals surface area contributed by atoms with Crippen LogP contribution in [0, 0.1) is 0 Å². The van der Waals surface area contributed by atoms with E-state index in [-0.39, 0.29) is 12.0 Å². The van der Waals surface area contributed by atoms with Gasteiger partial charge in [0.05, 0.1) is 6.61 Å². The molecule has 1 N–H and O–H groups in total. The SMILES string of the molecule is CCOC(=O)C1(NC(C)C)CCCC(N(C)C)C1. The Morgan fingerprint density at radius 2 is 2.17 bits per heavy atom. The molecule has 0 radical (unpaired) electrons. The lowest BCUT2D eigenvalue weighted by molar-refractivity contribution is -0.154. The van der Waals surface area contributed by atoms with Gasteiger partial charge in [0.1, 0.15) is 5.54 Å². The van der Waals surface area contributed by atoms with Gasteiger partial charge in [0, 0.05) is 12.1 Å². The Kier molecular flexibility index (Phi) is 5.60. The molecule has 4 nitrogen and oxygen atoms in total. The molecule has 0 spiro atoms. The zero-order valence-corrected chi connectivity index (χ0v) is 12.5. The van der Waals surface area contributed by atoms with E-state index in [1.807, 2.05) is 6.92 Å². The second kappa shape index (κ2) is 6.53. The molecule has 2 unspecified atom stereocenters. The standard InChI is InChI=1S/C14H28N2O2/c1-6-18-13(17)14(15-11(2)3)9-7-8-12(10-14)16(4)5/h11-12,15H,6-10H2,1-5H3. The van der Waals surface area contributed by atoms with E-state index in [1.165, 1.54) is 0 Å². The Hall–Kier alpha value is -0.610. The molecule has 106 valence electrons. The topological polar surface area (TPSA) is 41.6 Å². The minimum atomic E-state index is -0.489. The van der Waals surface area contributed by atoms with Crippen LogP contribution in [-0.2, 0) is 9.53 Å². The number of carbonyl (C=O) groups excluding carboxylic acids is 1. The molecule has 2 atom stereocenters. The summed E-state index contributed by atoms with van der Waals surface area (Å²) in [7, 11) is 4.17. The quantitative estimate of drug-likeness (QED) is 0.762. The number of esters is 1. The minimum Gasteiger partial charge on any atom is -0.465 e. The first-order valence-corrected chi connectivity index (χ1v) is 7.02. The summed E-state index contributed by atoms with van der Waals surface area (Å²) in [5.74, 6) is -0.0785. The van der Waals surface area contributed by atoms with Gasteiger partial charge in [0.15, 0.2) is 0 Å². The van der Waals surface area contributed by atoms with Gasteiger partial charge in [-0.1, -0.05) is 0 Å². The maximum absolute atomic E-state index is 12.3. The molecule has 0 amide bonds. The molecule has 1 saturated carbocycles. The molecule has 0 aromatic rings. The van der Waals surface area contributed by atoms with Gasteiger partial charge < -0.3 is 9.64 Å². The Bertz CT molecular complexity index is 279. The summed E-state index contributed by atoms with van der Waals surface area (Å²) < 4.78 is 5.29. The average molecular weight is 256 g/mol. The Morgan fingerprint density at radius 3 is 2.67 bits per heavy atom. The maximum atomic E-state index is 12.3. The van der Waals surface area contributed by atoms with Crippen LogP contribution in [0.25, 0.3) is 0 Å². The maximum Gasteiger partial charge on any atom is 0.326 e. The summed E-state index contributed by atoms with van der Waals surface area (Å²) >= 11 is 0. The second-order valence-corrected chi connectivity index (χ2v) is 5.82. The number of rotatable bonds is 5. The number of hydrogen-bond acceptors (Lipinski definition) is 4. The van der Waals surface area contributed by atoms with Crippen molar-refractivity contribution in [2.45, 2.75) is 64.1 Å². The van der Waals surface area contributed by atoms with Gasteiger partial charge in [0.2, 0.25) is 0 Å². The lowest BCUT2D eigenvalue weighted by atomic mass is 9.78. The first-order valence-electron chi connectivity index (χ1n) is 7.02. The van der Waals surface area contributed by atoms with Crippen molar-refractivity contribution in [3.63, 3.8) is 0 Å². The van der Waals surface area contributed by atoms with Crippen LogP contribution in [0.4, 0.5) is 0 Å². The van der Waals surface area contributed by atoms with Gasteiger partial charge >= 0.3 is 5.97 Å². The van der Waals surface area contributed by atoms with Crippen LogP contribution in [0.3, 0.4) is 0 Å². The van der Waals surface area contributed by atoms with E-state index in [4.69, 9.17) is 4.74 Å². The van der Waals surface area contributed by atoms with Crippen molar-refractivity contribution in [3.05, 3.63) is 0 Å². The molecular formula is C14H28N2O2. The van der Waals surface area contributed by atoms with Gasteiger partial charge in [0.25, 0.3) is 0 Å². The van der Waals surface area contributed by atoms with Gasteiger partial charge in [-0.25, -0.2) is 0 Å². The molecule has 4 heteroatoms. The van der Waals surface area contributed by atoms with Crippen LogP contribution in [0.1, 0.15) is 46.5 Å². The molecule has 0 aliphatic heterocycles. The third-order valence-corrected chi connectivity index (χ3v) is 3.69. The molecule has 18 heavy (non-hydrogen) atoms. The van der Waals surface area contributed by atoms with E-state index in [0.29, 0.717) is 12.6 Å². The first-order chi connectivity index (χ1) is 8.41. The number of ether oxygens (including phenoxy) is 1. The summed E-state index contributed by atoms with van der Waals surface area (Å²) in [4.78, 5) is 14.5. The Labute approximate surface area is 111 Å². The normalized spacial score (nSPS) is 28.7. The second-order valence-electron chi connectivity index (χ2n) is 5.82. The van der Waals surface area contributed by atoms with Crippen molar-refractivity contribution >= 4 is 5.97 Å². The van der Waals surface area contributed by atoms with E-state index >= 15 is 0 Å². The van der Waals surface area contributed by atoms with Gasteiger partial charge in [-0.05, 0) is 60.5 Å². The van der Waals surface area contributed by atoms with E-state index in [2.05, 4.69) is 38.2 Å². The van der Waals surface area contributed by atoms with E-state index < -0.39 is 5.54 Å². The van der Waals surface area contributed by atoms with Crippen molar-refractivity contribution in [2.75, 3.05) is 20.7 Å². The molecule has 1 aliphatic rings. The minimum absolute atomic E-state index is 0.0785. The van der Waals surface area contributed by atoms with Crippen LogP contribution in [0.5, 0.6) is 0 Å². The molecule has 1 rings (SSSR count). The van der Waals surface area contributed by atoms with Crippen LogP contribution >= 0.6 is 0 Å². The molecular weight excluding hydrogens is 228 g/mol. The van der Waals surface area contributed by atoms with E-state index in [0.717, 1.165) is 25.7 Å². The van der Waals surface area contributed by atoms with Gasteiger partial charge in [-0.15, -0.1) is 0 Å². The molecule has 1 fully saturated rings. The van der Waals surface area contributed by atoms with Crippen molar-refractivity contribution < 1.29 is 9.53 Å². The highest BCUT2D eigenvalue weighted by Gasteiger charge is 2.44. The number of carbonyl (C=O) groups is 1. The summed E-state index contributed by atoms with van der Waals surface area (Å²) in [5, 5.41) is 3.46. The number of hydrogen-bond donors (Lipinski definition) is 1. The predicted molar refractivity (Wildman–Crippen MR) is 73.6 cm³/mol. The summed E-state index contributed by atoms with van der Waals surface area (Å²) in [6, 6.07) is 0.740. The Morgan fingerprint density at radius 1 is 1.50 bits per heavy atom. The van der Waals surface area contributed by atoms with Crippen molar-refractivity contribution in [1.82, 2.24) is 10.2 Å². The predicted octanol–water partition coefficient (Wildman–Crippen LogP) is 1.79. The highest BCUT2D eigenvalue weighted by molar-refractivity contribution is 5.81. The zero-order valence-electron chi connectivity index (χ0n) is 12.5. The fourth-order valence-corrected chi connectivity index (χ4v) is 2.88. The first kappa shape index (κ1) is 15.4. The zero-order chi connectivity index (χ0) is 13.8. The highest BCUT2D eigenvalue weighted by Crippen LogP contribution is 2.32. The molecule has 0 heterocycles. The smallest absolute Gasteiger partial charge is 0.326 e. The third-order valence-electron chi connectivity index (χ3n) is 3.69. The van der Waals surface area contributed by atoms with Gasteiger partial charge in [-0.2, -0.15) is 0 Å². The Balaban J connectivity index is 2.85. The lowest BCUT2D eigenvalue weighted by Gasteiger charge is -2.42. The van der Waals surface area contributed by atoms with Crippen LogP contribution in [0.15, 0.2) is 0 Å². The van der Waals surface area contributed by atoms with E-state index in [9.17, 15) is 4.79 Å². The van der Waals surface area contributed by atoms with Crippen LogP contribution in [0.2, 0.25) is 0 Å². The lowest BCUT2D eigenvalue weighted by Crippen LogP contribution is -2.60. The van der Waals surface area contributed by atoms with E-state index in [1.54, 1.807) is 0 Å². The van der Waals surface area contributed by atoms with Crippen molar-refractivity contribution in [1.29, 1.82) is 0 Å². The average Bonchev–Trinajstić information content (AvgIpc) is 2.28. The number of nitrogens with zero attached hydrogens (tertiary/aromatic N) is 1. The highest BCUT2D eigenvalue weighted by atomic mass is 16.5. The molecule has 0 bridgehead atoms. The largest absolute Gasteiger partial charge is 0.465 e. The monoisotopic (exact) mass is 256 g/mol. The van der Waals surface area contributed by atoms with Gasteiger partial charge in [-0.3, -0.25) is 10.1 Å². The number of nitrogens with one attached hydrogen (secondary N) is 1. The summed E-state index contributed by atoms with van der Waals surface area (Å²) in [6.45, 7) is 6.49. The third kappa shape index (κ3) is 3.69. The fraction of sp³-hybridized carbons (Fsp3) is 0.929. The molecule has 1 aliphatic carbocycles. The van der Waals surface area contributed by atoms with Crippen molar-refractivity contribution in [2.24, 2.45) is 0 Å². The van der Waals surface area contributed by atoms with Crippen molar-refractivity contribution in [3.8, 4) is 0 Å². The van der Waals surface area contributed by atoms with Crippen LogP contribution < -0.4 is 5.32 Å². The molecule has 0 saturated heterocycles. The van der Waals surface area contributed by atoms with Crippen LogP contribution in [-0.4, -0.2) is 49.2 Å². The fourth-order valence-electron chi connectivity index (χ4n) is 2.88. The molecule has 0 aromatic carbocycles. The summed E-state index contributed by atoms with van der Waals surface area (Å²) in [5.41, 5.74) is -0.489. The molecule has 0 aromatic heterocycles.